The first-order valence-corrected chi connectivity index (χ1v) is 8.80. The van der Waals surface area contributed by atoms with Crippen LogP contribution in [0.3, 0.4) is 0 Å². The molecule has 2 N–H and O–H groups in total. The van der Waals surface area contributed by atoms with E-state index in [9.17, 15) is 14.4 Å². The maximum atomic E-state index is 13.0. The van der Waals surface area contributed by atoms with Crippen LogP contribution in [0.1, 0.15) is 39.1 Å². The normalized spacial score (nSPS) is 14.6. The highest BCUT2D eigenvalue weighted by Crippen LogP contribution is 2.25. The lowest BCUT2D eigenvalue weighted by Crippen LogP contribution is -2.40. The van der Waals surface area contributed by atoms with Gasteiger partial charge in [-0.05, 0) is 43.5 Å². The molecule has 140 valence electrons. The largest absolute Gasteiger partial charge is 0.481 e. The van der Waals surface area contributed by atoms with Crippen molar-refractivity contribution in [1.29, 1.82) is 0 Å². The first-order valence-electron chi connectivity index (χ1n) is 8.80. The topological polar surface area (TPSA) is 99.6 Å². The standard InChI is InChI=1S/C20H21N3O4/c1-13-3-2-4-16(17(13)22-18(24)14-5-9-21-10-6-14)19(25)23-11-7-15(8-12-23)20(26)27/h2-6,9-10,15H,7-8,11-12H2,1H3,(H,22,24)(H,26,27). The number of para-hydroxylation sites is 1. The van der Waals surface area contributed by atoms with E-state index in [4.69, 9.17) is 5.11 Å². The molecule has 7 heteroatoms. The van der Waals surface area contributed by atoms with Gasteiger partial charge in [-0.25, -0.2) is 0 Å². The fourth-order valence-corrected chi connectivity index (χ4v) is 3.20. The lowest BCUT2D eigenvalue weighted by atomic mass is 9.96. The molecular formula is C20H21N3O4. The number of carbonyl (C=O) groups excluding carboxylic acids is 2. The molecule has 2 heterocycles. The number of rotatable bonds is 4. The van der Waals surface area contributed by atoms with Crippen molar-refractivity contribution in [3.05, 3.63) is 59.4 Å². The van der Waals surface area contributed by atoms with Crippen molar-refractivity contribution >= 4 is 23.5 Å². The maximum absolute atomic E-state index is 13.0. The molecule has 27 heavy (non-hydrogen) atoms. The number of carboxylic acid groups (broad SMARTS) is 1. The number of aryl methyl sites for hydroxylation is 1. The van der Waals surface area contributed by atoms with Crippen molar-refractivity contribution in [1.82, 2.24) is 9.88 Å². The zero-order chi connectivity index (χ0) is 19.4. The van der Waals surface area contributed by atoms with Crippen molar-refractivity contribution < 1.29 is 19.5 Å². The molecule has 0 spiro atoms. The first kappa shape index (κ1) is 18.6. The van der Waals surface area contributed by atoms with Crippen LogP contribution in [-0.2, 0) is 4.79 Å². The zero-order valence-electron chi connectivity index (χ0n) is 15.0. The number of carboxylic acids is 1. The molecule has 2 amide bonds. The molecule has 3 rings (SSSR count). The van der Waals surface area contributed by atoms with Crippen LogP contribution >= 0.6 is 0 Å². The summed E-state index contributed by atoms with van der Waals surface area (Å²) in [5.41, 5.74) is 2.12. The van der Waals surface area contributed by atoms with Gasteiger partial charge < -0.3 is 15.3 Å². The second kappa shape index (κ2) is 7.99. The third-order valence-corrected chi connectivity index (χ3v) is 4.82. The van der Waals surface area contributed by atoms with Gasteiger partial charge in [0, 0.05) is 31.0 Å². The Morgan fingerprint density at radius 1 is 1.11 bits per heavy atom. The van der Waals surface area contributed by atoms with E-state index in [0.717, 1.165) is 5.56 Å². The molecule has 2 aromatic rings. The van der Waals surface area contributed by atoms with E-state index >= 15 is 0 Å². The quantitative estimate of drug-likeness (QED) is 0.865. The van der Waals surface area contributed by atoms with Crippen molar-refractivity contribution in [3.63, 3.8) is 0 Å². The van der Waals surface area contributed by atoms with Crippen LogP contribution in [0.15, 0.2) is 42.7 Å². The average molecular weight is 367 g/mol. The van der Waals surface area contributed by atoms with E-state index in [0.29, 0.717) is 42.7 Å². The summed E-state index contributed by atoms with van der Waals surface area (Å²) < 4.78 is 0. The Morgan fingerprint density at radius 3 is 2.41 bits per heavy atom. The van der Waals surface area contributed by atoms with Gasteiger partial charge in [-0.1, -0.05) is 12.1 Å². The molecule has 0 unspecified atom stereocenters. The second-order valence-electron chi connectivity index (χ2n) is 6.59. The zero-order valence-corrected chi connectivity index (χ0v) is 15.0. The van der Waals surface area contributed by atoms with Crippen LogP contribution in [0.25, 0.3) is 0 Å². The predicted molar refractivity (Wildman–Crippen MR) is 99.6 cm³/mol. The van der Waals surface area contributed by atoms with Crippen molar-refractivity contribution in [2.24, 2.45) is 5.92 Å². The van der Waals surface area contributed by atoms with Crippen molar-refractivity contribution in [2.45, 2.75) is 19.8 Å². The van der Waals surface area contributed by atoms with Gasteiger partial charge in [0.1, 0.15) is 0 Å². The minimum absolute atomic E-state index is 0.201. The number of nitrogens with one attached hydrogen (secondary N) is 1. The summed E-state index contributed by atoms with van der Waals surface area (Å²) in [6.07, 6.45) is 3.94. The van der Waals surface area contributed by atoms with Crippen LogP contribution in [0.2, 0.25) is 0 Å². The van der Waals surface area contributed by atoms with Crippen molar-refractivity contribution in [3.8, 4) is 0 Å². The minimum atomic E-state index is -0.817. The summed E-state index contributed by atoms with van der Waals surface area (Å²) in [7, 11) is 0. The summed E-state index contributed by atoms with van der Waals surface area (Å²) in [5, 5.41) is 11.9. The number of hydrogen-bond acceptors (Lipinski definition) is 4. The van der Waals surface area contributed by atoms with E-state index in [1.165, 1.54) is 12.4 Å². The Labute approximate surface area is 157 Å². The molecule has 0 radical (unpaired) electrons. The summed E-state index contributed by atoms with van der Waals surface area (Å²) in [5.74, 6) is -1.74. The Hall–Kier alpha value is -3.22. The number of piperidine rings is 1. The number of benzene rings is 1. The Kier molecular flexibility index (Phi) is 5.49. The van der Waals surface area contributed by atoms with Gasteiger partial charge in [0.05, 0.1) is 17.2 Å². The summed E-state index contributed by atoms with van der Waals surface area (Å²) >= 11 is 0. The number of anilines is 1. The second-order valence-corrected chi connectivity index (χ2v) is 6.59. The molecular weight excluding hydrogens is 346 g/mol. The number of likely N-dealkylation sites (tertiary alicyclic amines) is 1. The van der Waals surface area contributed by atoms with Gasteiger partial charge in [-0.2, -0.15) is 0 Å². The van der Waals surface area contributed by atoms with Crippen LogP contribution in [0.5, 0.6) is 0 Å². The van der Waals surface area contributed by atoms with Gasteiger partial charge in [-0.3, -0.25) is 19.4 Å². The minimum Gasteiger partial charge on any atom is -0.481 e. The Balaban J connectivity index is 1.80. The van der Waals surface area contributed by atoms with E-state index < -0.39 is 11.9 Å². The van der Waals surface area contributed by atoms with Crippen LogP contribution in [0.4, 0.5) is 5.69 Å². The fourth-order valence-electron chi connectivity index (χ4n) is 3.20. The highest BCUT2D eigenvalue weighted by molar-refractivity contribution is 6.09. The van der Waals surface area contributed by atoms with E-state index in [2.05, 4.69) is 10.3 Å². The number of aromatic nitrogens is 1. The molecule has 1 aromatic heterocycles. The number of amides is 2. The number of pyridine rings is 1. The number of aliphatic carboxylic acids is 1. The molecule has 7 nitrogen and oxygen atoms in total. The van der Waals surface area contributed by atoms with Gasteiger partial charge in [0.2, 0.25) is 0 Å². The molecule has 0 aliphatic carbocycles. The molecule has 0 bridgehead atoms. The maximum Gasteiger partial charge on any atom is 0.306 e. The van der Waals surface area contributed by atoms with Gasteiger partial charge in [-0.15, -0.1) is 0 Å². The van der Waals surface area contributed by atoms with Gasteiger partial charge in [0.15, 0.2) is 0 Å². The lowest BCUT2D eigenvalue weighted by Gasteiger charge is -2.31. The van der Waals surface area contributed by atoms with Crippen molar-refractivity contribution in [2.75, 3.05) is 18.4 Å². The van der Waals surface area contributed by atoms with Crippen LogP contribution in [0, 0.1) is 12.8 Å². The number of nitrogens with zero attached hydrogens (tertiary/aromatic N) is 2. The molecule has 0 atom stereocenters. The predicted octanol–water partition coefficient (Wildman–Crippen LogP) is 2.58. The third-order valence-electron chi connectivity index (χ3n) is 4.82. The number of hydrogen-bond donors (Lipinski definition) is 2. The van der Waals surface area contributed by atoms with E-state index in [-0.39, 0.29) is 11.8 Å². The van der Waals surface area contributed by atoms with Crippen LogP contribution in [-0.4, -0.2) is 45.9 Å². The lowest BCUT2D eigenvalue weighted by molar-refractivity contribution is -0.143. The fraction of sp³-hybridized carbons (Fsp3) is 0.300. The molecule has 0 saturated carbocycles. The van der Waals surface area contributed by atoms with Crippen LogP contribution < -0.4 is 5.32 Å². The van der Waals surface area contributed by atoms with Gasteiger partial charge in [0.25, 0.3) is 11.8 Å². The first-order chi connectivity index (χ1) is 13.0. The summed E-state index contributed by atoms with van der Waals surface area (Å²) in [4.78, 5) is 42.1. The number of carbonyl (C=O) groups is 3. The SMILES string of the molecule is Cc1cccc(C(=O)N2CCC(C(=O)O)CC2)c1NC(=O)c1ccncc1. The summed E-state index contributed by atoms with van der Waals surface area (Å²) in [6, 6.07) is 8.49. The smallest absolute Gasteiger partial charge is 0.306 e. The monoisotopic (exact) mass is 367 g/mol. The Morgan fingerprint density at radius 2 is 1.78 bits per heavy atom. The molecule has 1 saturated heterocycles. The third kappa shape index (κ3) is 4.13. The van der Waals surface area contributed by atoms with E-state index in [1.54, 1.807) is 29.2 Å². The molecule has 1 fully saturated rings. The average Bonchev–Trinajstić information content (AvgIpc) is 2.69. The summed E-state index contributed by atoms with van der Waals surface area (Å²) in [6.45, 7) is 2.61. The van der Waals surface area contributed by atoms with E-state index in [1.807, 2.05) is 13.0 Å². The highest BCUT2D eigenvalue weighted by atomic mass is 16.4. The molecule has 1 aliphatic heterocycles. The molecule has 1 aliphatic rings. The molecule has 1 aromatic carbocycles. The van der Waals surface area contributed by atoms with Gasteiger partial charge >= 0.3 is 5.97 Å². The Bertz CT molecular complexity index is 859. The highest BCUT2D eigenvalue weighted by Gasteiger charge is 2.29.